The average molecular weight is 1100 g/mol. The summed E-state index contributed by atoms with van der Waals surface area (Å²) in [7, 11) is 0. The van der Waals surface area contributed by atoms with Crippen LogP contribution in [0, 0.1) is 0 Å². The molecule has 0 aromatic rings. The van der Waals surface area contributed by atoms with Gasteiger partial charge in [-0.05, 0) is 96.3 Å². The summed E-state index contributed by atoms with van der Waals surface area (Å²) >= 11 is 0. The summed E-state index contributed by atoms with van der Waals surface area (Å²) < 4.78 is 16.9. The van der Waals surface area contributed by atoms with E-state index in [1.807, 2.05) is 0 Å². The molecule has 0 radical (unpaired) electrons. The summed E-state index contributed by atoms with van der Waals surface area (Å²) in [5.41, 5.74) is 0. The highest BCUT2D eigenvalue weighted by Gasteiger charge is 2.19. The second-order valence-corrected chi connectivity index (χ2v) is 22.3. The Morgan fingerprint density at radius 2 is 0.494 bits per heavy atom. The van der Waals surface area contributed by atoms with Crippen LogP contribution >= 0.6 is 0 Å². The van der Waals surface area contributed by atoms with Gasteiger partial charge in [0.2, 0.25) is 0 Å². The van der Waals surface area contributed by atoms with Gasteiger partial charge in [-0.1, -0.05) is 311 Å². The van der Waals surface area contributed by atoms with Gasteiger partial charge in [-0.25, -0.2) is 0 Å². The van der Waals surface area contributed by atoms with Crippen LogP contribution in [0.4, 0.5) is 0 Å². The maximum atomic E-state index is 12.9. The molecule has 0 spiro atoms. The lowest BCUT2D eigenvalue weighted by Gasteiger charge is -2.18. The number of unbranched alkanes of at least 4 members (excludes halogenated alkanes) is 34. The van der Waals surface area contributed by atoms with Crippen LogP contribution in [-0.4, -0.2) is 37.2 Å². The lowest BCUT2D eigenvalue weighted by molar-refractivity contribution is -0.167. The van der Waals surface area contributed by atoms with Crippen LogP contribution in [0.3, 0.4) is 0 Å². The lowest BCUT2D eigenvalue weighted by Crippen LogP contribution is -2.30. The first-order valence-electron chi connectivity index (χ1n) is 33.7. The van der Waals surface area contributed by atoms with Gasteiger partial charge in [0.05, 0.1) is 0 Å². The highest BCUT2D eigenvalue weighted by Crippen LogP contribution is 2.17. The summed E-state index contributed by atoms with van der Waals surface area (Å²) in [6.45, 7) is 6.41. The minimum Gasteiger partial charge on any atom is -0.462 e. The average Bonchev–Trinajstić information content (AvgIpc) is 3.45. The maximum absolute atomic E-state index is 12.9. The molecule has 6 nitrogen and oxygen atoms in total. The summed E-state index contributed by atoms with van der Waals surface area (Å²) in [5, 5.41) is 0. The molecule has 0 fully saturated rings. The summed E-state index contributed by atoms with van der Waals surface area (Å²) in [6.07, 6.45) is 90.2. The van der Waals surface area contributed by atoms with Crippen LogP contribution in [0.2, 0.25) is 0 Å². The molecule has 0 saturated carbocycles. The molecule has 0 heterocycles. The van der Waals surface area contributed by atoms with Crippen molar-refractivity contribution in [2.75, 3.05) is 13.2 Å². The fourth-order valence-corrected chi connectivity index (χ4v) is 9.60. The summed E-state index contributed by atoms with van der Waals surface area (Å²) in [6, 6.07) is 0. The van der Waals surface area contributed by atoms with Gasteiger partial charge in [0.15, 0.2) is 6.10 Å². The number of hydrogen-bond donors (Lipinski definition) is 0. The molecule has 0 bridgehead atoms. The minimum absolute atomic E-state index is 0.0789. The van der Waals surface area contributed by atoms with E-state index >= 15 is 0 Å². The van der Waals surface area contributed by atoms with Gasteiger partial charge in [0, 0.05) is 19.3 Å². The third kappa shape index (κ3) is 65.0. The number of esters is 3. The Labute approximate surface area is 489 Å². The first-order chi connectivity index (χ1) is 39.0. The van der Waals surface area contributed by atoms with Crippen LogP contribution in [0.5, 0.6) is 0 Å². The van der Waals surface area contributed by atoms with E-state index in [1.165, 1.54) is 167 Å². The molecule has 0 N–H and O–H groups in total. The largest absolute Gasteiger partial charge is 0.462 e. The van der Waals surface area contributed by atoms with E-state index in [-0.39, 0.29) is 31.1 Å². The van der Waals surface area contributed by atoms with Gasteiger partial charge in [-0.2, -0.15) is 0 Å². The van der Waals surface area contributed by atoms with Crippen molar-refractivity contribution >= 4 is 17.9 Å². The van der Waals surface area contributed by atoms with E-state index < -0.39 is 6.10 Å². The highest BCUT2D eigenvalue weighted by molar-refractivity contribution is 5.71. The van der Waals surface area contributed by atoms with Crippen molar-refractivity contribution in [2.45, 2.75) is 335 Å². The predicted octanol–water partition coefficient (Wildman–Crippen LogP) is 23.2. The van der Waals surface area contributed by atoms with Crippen molar-refractivity contribution < 1.29 is 28.6 Å². The third-order valence-electron chi connectivity index (χ3n) is 14.6. The number of carbonyl (C=O) groups excluding carboxylic acids is 3. The fourth-order valence-electron chi connectivity index (χ4n) is 9.60. The number of allylic oxidation sites excluding steroid dienone is 16. The van der Waals surface area contributed by atoms with Gasteiger partial charge in [-0.15, -0.1) is 0 Å². The topological polar surface area (TPSA) is 78.9 Å². The van der Waals surface area contributed by atoms with Crippen molar-refractivity contribution in [3.05, 3.63) is 97.2 Å². The molecule has 0 aromatic carbocycles. The molecular formula is C73H126O6. The van der Waals surface area contributed by atoms with Crippen LogP contribution in [-0.2, 0) is 28.6 Å². The van der Waals surface area contributed by atoms with Gasteiger partial charge in [0.1, 0.15) is 13.2 Å². The van der Waals surface area contributed by atoms with Crippen molar-refractivity contribution in [3.63, 3.8) is 0 Å². The van der Waals surface area contributed by atoms with Gasteiger partial charge < -0.3 is 14.2 Å². The highest BCUT2D eigenvalue weighted by atomic mass is 16.6. The molecule has 0 aliphatic carbocycles. The monoisotopic (exact) mass is 1100 g/mol. The minimum atomic E-state index is -0.782. The zero-order valence-corrected chi connectivity index (χ0v) is 52.1. The van der Waals surface area contributed by atoms with E-state index in [9.17, 15) is 14.4 Å². The van der Waals surface area contributed by atoms with Gasteiger partial charge in [-0.3, -0.25) is 14.4 Å². The molecule has 0 rings (SSSR count). The smallest absolute Gasteiger partial charge is 0.306 e. The molecule has 0 saturated heterocycles. The molecule has 0 aromatic heterocycles. The van der Waals surface area contributed by atoms with Crippen LogP contribution in [0.25, 0.3) is 0 Å². The zero-order valence-electron chi connectivity index (χ0n) is 52.1. The molecule has 1 atom stereocenters. The van der Waals surface area contributed by atoms with Crippen LogP contribution in [0.1, 0.15) is 329 Å². The third-order valence-corrected chi connectivity index (χ3v) is 14.6. The second-order valence-electron chi connectivity index (χ2n) is 22.3. The number of hydrogen-bond acceptors (Lipinski definition) is 6. The maximum Gasteiger partial charge on any atom is 0.306 e. The predicted molar refractivity (Wildman–Crippen MR) is 344 cm³/mol. The van der Waals surface area contributed by atoms with E-state index in [0.29, 0.717) is 19.3 Å². The van der Waals surface area contributed by atoms with Gasteiger partial charge >= 0.3 is 17.9 Å². The fraction of sp³-hybridized carbons (Fsp3) is 0.740. The van der Waals surface area contributed by atoms with Crippen molar-refractivity contribution in [1.82, 2.24) is 0 Å². The van der Waals surface area contributed by atoms with E-state index in [4.69, 9.17) is 14.2 Å². The molecule has 1 unspecified atom stereocenters. The molecule has 0 aliphatic rings. The zero-order chi connectivity index (χ0) is 57.1. The quantitative estimate of drug-likeness (QED) is 0.0261. The standard InChI is InChI=1S/C73H126O6/c1-4-7-10-13-16-19-21-23-25-27-29-30-31-32-33-34-35-36-37-38-39-40-41-42-44-45-47-49-51-54-57-60-63-66-72(75)78-69-70(68-77-71(74)65-62-59-56-53-18-15-12-9-6-3)79-73(76)67-64-61-58-55-52-50-48-46-43-28-26-24-22-20-17-14-11-8-5-2/h7-8,10-11,16-17,19-20,23-26,29-30,43,46,70H,4-6,9,12-15,18,21-22,27-28,31-42,44-45,47-69H2,1-3H3/b10-7-,11-8-,19-16-,20-17-,25-23-,26-24-,30-29-,46-43-. The van der Waals surface area contributed by atoms with E-state index in [2.05, 4.69) is 118 Å². The second kappa shape index (κ2) is 66.8. The molecule has 0 amide bonds. The van der Waals surface area contributed by atoms with E-state index in [1.54, 1.807) is 0 Å². The Hall–Kier alpha value is -3.67. The number of carbonyl (C=O) groups is 3. The van der Waals surface area contributed by atoms with E-state index in [0.717, 1.165) is 122 Å². The summed E-state index contributed by atoms with van der Waals surface area (Å²) in [5.74, 6) is -0.882. The SMILES string of the molecule is CC/C=C\C/C=C\C/C=C\C/C=C\CCCCCCCCCCCCCCCCCCCCCCC(=O)OCC(COC(=O)CCCCCCCCCCC)OC(=O)CCCCCCCC/C=C\C/C=C\C/C=C\C/C=C\CC. The van der Waals surface area contributed by atoms with Crippen molar-refractivity contribution in [2.24, 2.45) is 0 Å². The van der Waals surface area contributed by atoms with Crippen LogP contribution < -0.4 is 0 Å². The Balaban J connectivity index is 4.09. The Morgan fingerprint density at radius 1 is 0.266 bits per heavy atom. The normalized spacial score (nSPS) is 12.7. The molecule has 6 heteroatoms. The molecule has 454 valence electrons. The number of rotatable bonds is 61. The first-order valence-corrected chi connectivity index (χ1v) is 33.7. The van der Waals surface area contributed by atoms with Crippen molar-refractivity contribution in [1.29, 1.82) is 0 Å². The Kier molecular flexibility index (Phi) is 63.7. The molecule has 79 heavy (non-hydrogen) atoms. The number of ether oxygens (including phenoxy) is 3. The van der Waals surface area contributed by atoms with Crippen LogP contribution in [0.15, 0.2) is 97.2 Å². The molecular weight excluding hydrogens is 973 g/mol. The first kappa shape index (κ1) is 75.3. The van der Waals surface area contributed by atoms with Gasteiger partial charge in [0.25, 0.3) is 0 Å². The Morgan fingerprint density at radius 3 is 0.772 bits per heavy atom. The lowest BCUT2D eigenvalue weighted by atomic mass is 10.0. The summed E-state index contributed by atoms with van der Waals surface area (Å²) in [4.78, 5) is 38.2. The van der Waals surface area contributed by atoms with Crippen molar-refractivity contribution in [3.8, 4) is 0 Å². The Bertz CT molecular complexity index is 1540. The molecule has 0 aliphatic heterocycles.